The molecule has 0 aliphatic heterocycles. The number of hydrogen-bond acceptors (Lipinski definition) is 4. The molecule has 1 N–H and O–H groups in total. The topological polar surface area (TPSA) is 33.1 Å². The van der Waals surface area contributed by atoms with E-state index in [-0.39, 0.29) is 6.61 Å². The van der Waals surface area contributed by atoms with Gasteiger partial charge in [0.05, 0.1) is 0 Å². The lowest BCUT2D eigenvalue weighted by atomic mass is 10.1. The molecule has 2 rings (SSSR count). The van der Waals surface area contributed by atoms with Gasteiger partial charge in [-0.05, 0) is 47.4 Å². The van der Waals surface area contributed by atoms with Gasteiger partial charge in [-0.15, -0.1) is 0 Å². The number of benzene rings is 1. The maximum atomic E-state index is 8.90. The molecule has 0 amide bonds. The molecule has 1 aromatic heterocycles. The van der Waals surface area contributed by atoms with Crippen molar-refractivity contribution in [2.45, 2.75) is 22.8 Å². The van der Waals surface area contributed by atoms with Gasteiger partial charge in [-0.1, -0.05) is 35.1 Å². The van der Waals surface area contributed by atoms with Gasteiger partial charge >= 0.3 is 0 Å². The molecule has 94 valence electrons. The first-order valence-electron chi connectivity index (χ1n) is 5.84. The Bertz CT molecular complexity index is 476. The predicted molar refractivity (Wildman–Crippen MR) is 77.8 cm³/mol. The Hall–Kier alpha value is -0.970. The number of pyridine rings is 1. The van der Waals surface area contributed by atoms with Gasteiger partial charge in [0.25, 0.3) is 0 Å². The predicted octanol–water partition coefficient (Wildman–Crippen LogP) is 3.81. The zero-order valence-corrected chi connectivity index (χ0v) is 11.6. The van der Waals surface area contributed by atoms with Crippen LogP contribution < -0.4 is 0 Å². The second-order valence-electron chi connectivity index (χ2n) is 3.77. The van der Waals surface area contributed by atoms with Gasteiger partial charge in [0.1, 0.15) is 5.03 Å². The fourth-order valence-corrected chi connectivity index (χ4v) is 3.68. The maximum Gasteiger partial charge on any atom is 0.107 e. The Morgan fingerprint density at radius 2 is 1.83 bits per heavy atom. The Balaban J connectivity index is 2.00. The van der Waals surface area contributed by atoms with Crippen molar-refractivity contribution in [3.05, 3.63) is 54.2 Å². The lowest BCUT2D eigenvalue weighted by Crippen LogP contribution is -1.91. The molecule has 18 heavy (non-hydrogen) atoms. The number of aliphatic hydroxyl groups is 1. The van der Waals surface area contributed by atoms with Crippen LogP contribution in [0.4, 0.5) is 0 Å². The minimum absolute atomic E-state index is 0.242. The van der Waals surface area contributed by atoms with E-state index in [1.165, 1.54) is 10.5 Å². The third-order valence-electron chi connectivity index (χ3n) is 2.43. The van der Waals surface area contributed by atoms with Crippen molar-refractivity contribution in [1.29, 1.82) is 0 Å². The first-order chi connectivity index (χ1) is 8.90. The summed E-state index contributed by atoms with van der Waals surface area (Å²) in [5.41, 5.74) is 1.29. The fourth-order valence-electron chi connectivity index (χ4n) is 1.55. The van der Waals surface area contributed by atoms with E-state index in [4.69, 9.17) is 5.11 Å². The van der Waals surface area contributed by atoms with Crippen LogP contribution >= 0.6 is 21.6 Å². The second kappa shape index (κ2) is 7.46. The average molecular weight is 277 g/mol. The van der Waals surface area contributed by atoms with Crippen molar-refractivity contribution in [1.82, 2.24) is 4.98 Å². The Kier molecular flexibility index (Phi) is 5.58. The normalized spacial score (nSPS) is 10.5. The van der Waals surface area contributed by atoms with Crippen LogP contribution in [-0.4, -0.2) is 16.7 Å². The monoisotopic (exact) mass is 277 g/mol. The molecule has 0 atom stereocenters. The Morgan fingerprint density at radius 1 is 1.00 bits per heavy atom. The molecule has 2 aromatic rings. The summed E-state index contributed by atoms with van der Waals surface area (Å²) >= 11 is 0. The van der Waals surface area contributed by atoms with Crippen LogP contribution in [-0.2, 0) is 6.42 Å². The summed E-state index contributed by atoms with van der Waals surface area (Å²) in [5.74, 6) is 0. The van der Waals surface area contributed by atoms with Crippen LogP contribution in [0, 0.1) is 0 Å². The summed E-state index contributed by atoms with van der Waals surface area (Å²) in [5, 5.41) is 9.92. The van der Waals surface area contributed by atoms with Gasteiger partial charge in [-0.25, -0.2) is 4.98 Å². The molecule has 0 spiro atoms. The van der Waals surface area contributed by atoms with Crippen molar-refractivity contribution in [2.75, 3.05) is 6.61 Å². The molecule has 4 heteroatoms. The highest BCUT2D eigenvalue weighted by Crippen LogP contribution is 2.38. The summed E-state index contributed by atoms with van der Waals surface area (Å²) < 4.78 is 0. The molecule has 0 bridgehead atoms. The van der Waals surface area contributed by atoms with Crippen molar-refractivity contribution in [3.8, 4) is 0 Å². The minimum Gasteiger partial charge on any atom is -0.396 e. The quantitative estimate of drug-likeness (QED) is 0.814. The number of aryl methyl sites for hydroxylation is 1. The maximum absolute atomic E-state index is 8.90. The summed E-state index contributed by atoms with van der Waals surface area (Å²) in [4.78, 5) is 5.54. The Morgan fingerprint density at radius 3 is 2.61 bits per heavy atom. The first kappa shape index (κ1) is 13.5. The van der Waals surface area contributed by atoms with E-state index in [2.05, 4.69) is 17.1 Å². The zero-order valence-electron chi connectivity index (χ0n) is 9.95. The number of aliphatic hydroxyl groups excluding tert-OH is 1. The molecule has 0 unspecified atom stereocenters. The van der Waals surface area contributed by atoms with Gasteiger partial charge in [0.2, 0.25) is 0 Å². The second-order valence-corrected chi connectivity index (χ2v) is 5.96. The first-order valence-corrected chi connectivity index (χ1v) is 7.99. The lowest BCUT2D eigenvalue weighted by Gasteiger charge is -2.07. The van der Waals surface area contributed by atoms with Crippen LogP contribution in [0.25, 0.3) is 0 Å². The number of hydrogen-bond donors (Lipinski definition) is 1. The standard InChI is InChI=1S/C14H15NOS2/c16-11-5-7-12-6-1-2-8-13(12)17-18-14-9-3-4-10-15-14/h1-4,6,8-10,16H,5,7,11H2. The van der Waals surface area contributed by atoms with Crippen molar-refractivity contribution >= 4 is 21.6 Å². The highest BCUT2D eigenvalue weighted by molar-refractivity contribution is 8.76. The van der Waals surface area contributed by atoms with Crippen molar-refractivity contribution in [2.24, 2.45) is 0 Å². The highest BCUT2D eigenvalue weighted by Gasteiger charge is 2.04. The summed E-state index contributed by atoms with van der Waals surface area (Å²) in [6.07, 6.45) is 3.54. The molecule has 0 saturated carbocycles. The van der Waals surface area contributed by atoms with E-state index >= 15 is 0 Å². The number of nitrogens with zero attached hydrogens (tertiary/aromatic N) is 1. The van der Waals surface area contributed by atoms with E-state index in [9.17, 15) is 0 Å². The van der Waals surface area contributed by atoms with E-state index < -0.39 is 0 Å². The molecular weight excluding hydrogens is 262 g/mol. The lowest BCUT2D eigenvalue weighted by molar-refractivity contribution is 0.288. The van der Waals surface area contributed by atoms with Gasteiger partial charge in [0, 0.05) is 17.7 Å². The molecule has 1 aromatic carbocycles. The third-order valence-corrected chi connectivity index (χ3v) is 4.81. The third kappa shape index (κ3) is 4.05. The van der Waals surface area contributed by atoms with Crippen LogP contribution in [0.5, 0.6) is 0 Å². The largest absolute Gasteiger partial charge is 0.396 e. The highest BCUT2D eigenvalue weighted by atomic mass is 33.1. The van der Waals surface area contributed by atoms with Crippen LogP contribution in [0.2, 0.25) is 0 Å². The number of rotatable bonds is 6. The smallest absolute Gasteiger partial charge is 0.107 e. The SMILES string of the molecule is OCCCc1ccccc1SSc1ccccn1. The molecule has 1 heterocycles. The summed E-state index contributed by atoms with van der Waals surface area (Å²) in [6, 6.07) is 14.3. The van der Waals surface area contributed by atoms with Crippen molar-refractivity contribution in [3.63, 3.8) is 0 Å². The van der Waals surface area contributed by atoms with Crippen LogP contribution in [0.15, 0.2) is 58.6 Å². The van der Waals surface area contributed by atoms with Crippen LogP contribution in [0.3, 0.4) is 0 Å². The van der Waals surface area contributed by atoms with Gasteiger partial charge in [-0.2, -0.15) is 0 Å². The molecule has 2 nitrogen and oxygen atoms in total. The van der Waals surface area contributed by atoms with Crippen LogP contribution in [0.1, 0.15) is 12.0 Å². The molecular formula is C14H15NOS2. The minimum atomic E-state index is 0.242. The average Bonchev–Trinajstić information content (AvgIpc) is 2.45. The molecule has 0 radical (unpaired) electrons. The zero-order chi connectivity index (χ0) is 12.6. The molecule has 0 fully saturated rings. The summed E-state index contributed by atoms with van der Waals surface area (Å²) in [7, 11) is 3.39. The summed E-state index contributed by atoms with van der Waals surface area (Å²) in [6.45, 7) is 0.242. The number of aromatic nitrogens is 1. The molecule has 0 saturated heterocycles. The van der Waals surface area contributed by atoms with Gasteiger partial charge in [-0.3, -0.25) is 0 Å². The van der Waals surface area contributed by atoms with Gasteiger partial charge < -0.3 is 5.11 Å². The van der Waals surface area contributed by atoms with Crippen molar-refractivity contribution < 1.29 is 5.11 Å². The van der Waals surface area contributed by atoms with E-state index in [1.807, 2.05) is 30.3 Å². The van der Waals surface area contributed by atoms with E-state index in [0.29, 0.717) is 0 Å². The Labute approximate surface area is 115 Å². The van der Waals surface area contributed by atoms with E-state index in [1.54, 1.807) is 27.8 Å². The van der Waals surface area contributed by atoms with E-state index in [0.717, 1.165) is 17.9 Å². The van der Waals surface area contributed by atoms with Gasteiger partial charge in [0.15, 0.2) is 0 Å². The fraction of sp³-hybridized carbons (Fsp3) is 0.214. The molecule has 0 aliphatic rings. The molecule has 0 aliphatic carbocycles.